The zero-order chi connectivity index (χ0) is 14.9. The molecule has 2 heterocycles. The van der Waals surface area contributed by atoms with Crippen molar-refractivity contribution < 1.29 is 9.69 Å². The zero-order valence-electron chi connectivity index (χ0n) is 12.9. The second-order valence-corrected chi connectivity index (χ2v) is 7.02. The quantitative estimate of drug-likeness (QED) is 0.832. The van der Waals surface area contributed by atoms with E-state index in [9.17, 15) is 4.79 Å². The summed E-state index contributed by atoms with van der Waals surface area (Å²) in [6, 6.07) is 3.62. The maximum atomic E-state index is 12.4. The Morgan fingerprint density at radius 3 is 2.59 bits per heavy atom. The summed E-state index contributed by atoms with van der Waals surface area (Å²) in [6.45, 7) is 5.24. The van der Waals surface area contributed by atoms with Gasteiger partial charge in [-0.2, -0.15) is 0 Å². The third kappa shape index (κ3) is 2.68. The van der Waals surface area contributed by atoms with E-state index in [0.717, 1.165) is 49.5 Å². The van der Waals surface area contributed by atoms with Gasteiger partial charge in [0.1, 0.15) is 0 Å². The summed E-state index contributed by atoms with van der Waals surface area (Å²) >= 11 is 0. The van der Waals surface area contributed by atoms with E-state index in [1.807, 2.05) is 17.0 Å². The highest BCUT2D eigenvalue weighted by Crippen LogP contribution is 2.42. The predicted octanol–water partition coefficient (Wildman–Crippen LogP) is 0.635. The number of hydrogen-bond acceptors (Lipinski definition) is 2. The van der Waals surface area contributed by atoms with E-state index in [4.69, 9.17) is 0 Å². The summed E-state index contributed by atoms with van der Waals surface area (Å²) < 4.78 is 0. The number of amides is 1. The van der Waals surface area contributed by atoms with Crippen LogP contribution >= 0.6 is 0 Å². The predicted molar refractivity (Wildman–Crippen MR) is 84.5 cm³/mol. The lowest BCUT2D eigenvalue weighted by Crippen LogP contribution is -3.15. The molecule has 4 heteroatoms. The summed E-state index contributed by atoms with van der Waals surface area (Å²) in [4.78, 5) is 20.1. The fraction of sp³-hybridized carbons (Fsp3) is 0.556. The van der Waals surface area contributed by atoms with Crippen LogP contribution < -0.4 is 4.90 Å². The van der Waals surface area contributed by atoms with E-state index in [0.29, 0.717) is 0 Å². The van der Waals surface area contributed by atoms with Crippen LogP contribution in [0.15, 0.2) is 36.7 Å². The normalized spacial score (nSPS) is 30.9. The first kappa shape index (κ1) is 13.9. The van der Waals surface area contributed by atoms with Crippen molar-refractivity contribution in [2.45, 2.75) is 12.8 Å². The molecule has 4 rings (SSSR count). The van der Waals surface area contributed by atoms with Crippen LogP contribution in [0.5, 0.6) is 0 Å². The highest BCUT2D eigenvalue weighted by molar-refractivity contribution is 5.94. The molecular weight excluding hydrogens is 274 g/mol. The van der Waals surface area contributed by atoms with Gasteiger partial charge >= 0.3 is 0 Å². The van der Waals surface area contributed by atoms with Gasteiger partial charge in [-0.15, -0.1) is 0 Å². The first-order valence-corrected chi connectivity index (χ1v) is 8.51. The molecule has 1 saturated carbocycles. The average molecular weight is 298 g/mol. The van der Waals surface area contributed by atoms with Crippen LogP contribution in [-0.2, 0) is 0 Å². The molecule has 1 N–H and O–H groups in total. The number of piperazine rings is 1. The van der Waals surface area contributed by atoms with E-state index < -0.39 is 0 Å². The third-order valence-electron chi connectivity index (χ3n) is 5.65. The standard InChI is InChI=1S/C18H23N3O/c22-18(15-3-5-19-6-4-15)21-9-7-20(8-10-21)13-17-12-14-1-2-16(17)11-14/h1-6,14,16-17H,7-13H2/p+1/t14-,16+,17+/m1/s1. The Morgan fingerprint density at radius 1 is 1.18 bits per heavy atom. The number of quaternary nitrogens is 1. The monoisotopic (exact) mass is 298 g/mol. The van der Waals surface area contributed by atoms with Crippen LogP contribution in [0.2, 0.25) is 0 Å². The zero-order valence-corrected chi connectivity index (χ0v) is 12.9. The number of nitrogens with zero attached hydrogens (tertiary/aromatic N) is 2. The second kappa shape index (κ2) is 5.84. The Bertz CT molecular complexity index is 563. The minimum Gasteiger partial charge on any atom is -0.332 e. The Balaban J connectivity index is 1.29. The van der Waals surface area contributed by atoms with E-state index in [-0.39, 0.29) is 5.91 Å². The number of aromatic nitrogens is 1. The van der Waals surface area contributed by atoms with Crippen LogP contribution in [-0.4, -0.2) is 48.5 Å². The molecule has 1 aliphatic heterocycles. The minimum absolute atomic E-state index is 0.157. The van der Waals surface area contributed by atoms with Gasteiger partial charge in [0.25, 0.3) is 5.91 Å². The first-order valence-electron chi connectivity index (χ1n) is 8.51. The van der Waals surface area contributed by atoms with Crippen molar-refractivity contribution in [3.05, 3.63) is 42.2 Å². The van der Waals surface area contributed by atoms with Gasteiger partial charge in [-0.05, 0) is 36.8 Å². The first-order chi connectivity index (χ1) is 10.8. The molecule has 1 aromatic heterocycles. The number of nitrogens with one attached hydrogen (secondary N) is 1. The minimum atomic E-state index is 0.157. The summed E-state index contributed by atoms with van der Waals surface area (Å²) in [7, 11) is 0. The summed E-state index contributed by atoms with van der Waals surface area (Å²) in [5.41, 5.74) is 0.761. The van der Waals surface area contributed by atoms with Crippen molar-refractivity contribution >= 4 is 5.91 Å². The van der Waals surface area contributed by atoms with Crippen molar-refractivity contribution in [3.63, 3.8) is 0 Å². The largest absolute Gasteiger partial charge is 0.332 e. The van der Waals surface area contributed by atoms with Gasteiger partial charge in [-0.25, -0.2) is 0 Å². The molecule has 1 saturated heterocycles. The van der Waals surface area contributed by atoms with Crippen molar-refractivity contribution in [3.8, 4) is 0 Å². The maximum absolute atomic E-state index is 12.4. The molecule has 2 bridgehead atoms. The molecule has 1 aromatic rings. The Kier molecular flexibility index (Phi) is 3.70. The number of pyridine rings is 1. The van der Waals surface area contributed by atoms with E-state index >= 15 is 0 Å². The lowest BCUT2D eigenvalue weighted by molar-refractivity contribution is -0.907. The molecule has 0 spiro atoms. The van der Waals surface area contributed by atoms with Gasteiger partial charge in [-0.3, -0.25) is 9.78 Å². The van der Waals surface area contributed by atoms with Crippen LogP contribution in [0.25, 0.3) is 0 Å². The Morgan fingerprint density at radius 2 is 1.95 bits per heavy atom. The Hall–Kier alpha value is -1.68. The van der Waals surface area contributed by atoms with E-state index in [1.54, 1.807) is 17.3 Å². The highest BCUT2D eigenvalue weighted by Gasteiger charge is 2.38. The number of allylic oxidation sites excluding steroid dienone is 2. The fourth-order valence-electron chi connectivity index (χ4n) is 4.41. The smallest absolute Gasteiger partial charge is 0.254 e. The lowest BCUT2D eigenvalue weighted by Gasteiger charge is -2.34. The number of rotatable bonds is 3. The van der Waals surface area contributed by atoms with Crippen LogP contribution in [0.3, 0.4) is 0 Å². The highest BCUT2D eigenvalue weighted by atomic mass is 16.2. The second-order valence-electron chi connectivity index (χ2n) is 7.02. The van der Waals surface area contributed by atoms with Gasteiger partial charge in [0.05, 0.1) is 32.7 Å². The van der Waals surface area contributed by atoms with E-state index in [1.165, 1.54) is 19.4 Å². The van der Waals surface area contributed by atoms with Crippen molar-refractivity contribution in [1.82, 2.24) is 9.88 Å². The molecular formula is C18H24N3O+. The molecule has 1 amide bonds. The van der Waals surface area contributed by atoms with Crippen LogP contribution in [0, 0.1) is 17.8 Å². The summed E-state index contributed by atoms with van der Waals surface area (Å²) in [6.07, 6.45) is 11.0. The van der Waals surface area contributed by atoms with Crippen LogP contribution in [0.4, 0.5) is 0 Å². The molecule has 3 atom stereocenters. The third-order valence-corrected chi connectivity index (χ3v) is 5.65. The molecule has 22 heavy (non-hydrogen) atoms. The van der Waals surface area contributed by atoms with Gasteiger partial charge < -0.3 is 9.80 Å². The fourth-order valence-corrected chi connectivity index (χ4v) is 4.41. The van der Waals surface area contributed by atoms with Gasteiger partial charge in [0.2, 0.25) is 0 Å². The molecule has 0 radical (unpaired) electrons. The molecule has 4 nitrogen and oxygen atoms in total. The molecule has 2 aliphatic carbocycles. The molecule has 3 aliphatic rings. The summed E-state index contributed by atoms with van der Waals surface area (Å²) in [5, 5.41) is 0. The van der Waals surface area contributed by atoms with Gasteiger partial charge in [0, 0.05) is 23.9 Å². The van der Waals surface area contributed by atoms with Gasteiger partial charge in [0.15, 0.2) is 0 Å². The van der Waals surface area contributed by atoms with Crippen LogP contribution in [0.1, 0.15) is 23.2 Å². The maximum Gasteiger partial charge on any atom is 0.254 e. The Labute approximate surface area is 131 Å². The average Bonchev–Trinajstić information content (AvgIpc) is 3.19. The van der Waals surface area contributed by atoms with Crippen molar-refractivity contribution in [2.75, 3.05) is 32.7 Å². The lowest BCUT2D eigenvalue weighted by atomic mass is 9.93. The molecule has 2 fully saturated rings. The molecule has 0 unspecified atom stereocenters. The summed E-state index contributed by atoms with van der Waals surface area (Å²) in [5.74, 6) is 2.75. The molecule has 116 valence electrons. The number of carbonyl (C=O) groups excluding carboxylic acids is 1. The number of fused-ring (bicyclic) bond motifs is 2. The van der Waals surface area contributed by atoms with Crippen molar-refractivity contribution in [1.29, 1.82) is 0 Å². The number of hydrogen-bond donors (Lipinski definition) is 1. The SMILES string of the molecule is O=C(c1ccncc1)N1CC[NH+](C[C@@H]2C[C@@H]3C=C[C@H]2C3)CC1. The topological polar surface area (TPSA) is 37.6 Å². The molecule has 0 aromatic carbocycles. The van der Waals surface area contributed by atoms with E-state index in [2.05, 4.69) is 17.1 Å². The van der Waals surface area contributed by atoms with Gasteiger partial charge in [-0.1, -0.05) is 12.2 Å². The number of carbonyl (C=O) groups is 1. The van der Waals surface area contributed by atoms with Crippen molar-refractivity contribution in [2.24, 2.45) is 17.8 Å².